The number of rotatable bonds is 8. The summed E-state index contributed by atoms with van der Waals surface area (Å²) >= 11 is 0. The molecule has 7 nitrogen and oxygen atoms in total. The Balaban J connectivity index is 1.09. The summed E-state index contributed by atoms with van der Waals surface area (Å²) in [5.74, 6) is 1.60. The zero-order chi connectivity index (χ0) is 22.6. The first kappa shape index (κ1) is 21.2. The molecular weight excluding hydrogens is 421 g/mol. The van der Waals surface area contributed by atoms with Crippen LogP contribution < -0.4 is 4.74 Å². The van der Waals surface area contributed by atoms with Gasteiger partial charge in [0.15, 0.2) is 0 Å². The summed E-state index contributed by atoms with van der Waals surface area (Å²) in [7, 11) is 0. The molecule has 0 bridgehead atoms. The van der Waals surface area contributed by atoms with Crippen LogP contribution in [0.3, 0.4) is 0 Å². The van der Waals surface area contributed by atoms with Crippen molar-refractivity contribution in [2.45, 2.75) is 31.6 Å². The van der Waals surface area contributed by atoms with Crippen LogP contribution >= 0.6 is 0 Å². The molecule has 3 heterocycles. The summed E-state index contributed by atoms with van der Waals surface area (Å²) in [5, 5.41) is 7.54. The zero-order valence-electron chi connectivity index (χ0n) is 18.3. The second kappa shape index (κ2) is 9.44. The maximum atomic E-state index is 13.0. The van der Waals surface area contributed by atoms with Crippen LogP contribution in [0, 0.1) is 5.82 Å². The van der Waals surface area contributed by atoms with E-state index in [-0.39, 0.29) is 17.6 Å². The third-order valence-corrected chi connectivity index (χ3v) is 6.08. The summed E-state index contributed by atoms with van der Waals surface area (Å²) in [5.41, 5.74) is 3.90. The predicted molar refractivity (Wildman–Crippen MR) is 123 cm³/mol. The Labute approximate surface area is 191 Å². The molecule has 2 aromatic heterocycles. The number of aryl methyl sites for hydroxylation is 1. The van der Waals surface area contributed by atoms with Crippen molar-refractivity contribution in [3.05, 3.63) is 77.6 Å². The van der Waals surface area contributed by atoms with Crippen LogP contribution in [0.2, 0.25) is 0 Å². The molecule has 1 aliphatic rings. The molecule has 5 rings (SSSR count). The molecule has 1 aliphatic heterocycles. The Bertz CT molecular complexity index is 1200. The van der Waals surface area contributed by atoms with E-state index in [4.69, 9.17) is 4.74 Å². The number of nitrogens with one attached hydrogen (secondary N) is 2. The van der Waals surface area contributed by atoms with Crippen molar-refractivity contribution in [2.24, 2.45) is 0 Å². The van der Waals surface area contributed by atoms with Gasteiger partial charge in [0.05, 0.1) is 23.3 Å². The lowest BCUT2D eigenvalue weighted by atomic mass is 10.0. The Hall–Kier alpha value is -3.68. The second-order valence-electron chi connectivity index (χ2n) is 8.40. The largest absolute Gasteiger partial charge is 0.493 e. The van der Waals surface area contributed by atoms with Crippen LogP contribution in [0.25, 0.3) is 11.0 Å². The van der Waals surface area contributed by atoms with Gasteiger partial charge in [-0.3, -0.25) is 9.89 Å². The van der Waals surface area contributed by atoms with Crippen LogP contribution in [-0.4, -0.2) is 50.7 Å². The smallest absolute Gasteiger partial charge is 0.223 e. The van der Waals surface area contributed by atoms with Gasteiger partial charge in [0.25, 0.3) is 0 Å². The minimum atomic E-state index is -0.279. The van der Waals surface area contributed by atoms with E-state index in [1.165, 1.54) is 12.1 Å². The first-order valence-corrected chi connectivity index (χ1v) is 11.3. The zero-order valence-corrected chi connectivity index (χ0v) is 18.3. The van der Waals surface area contributed by atoms with Crippen molar-refractivity contribution in [3.63, 3.8) is 0 Å². The quantitative estimate of drug-likeness (QED) is 0.428. The number of fused-ring (bicyclic) bond motifs is 1. The third kappa shape index (κ3) is 5.05. The lowest BCUT2D eigenvalue weighted by Gasteiger charge is -2.15. The fourth-order valence-corrected chi connectivity index (χ4v) is 4.26. The predicted octanol–water partition coefficient (Wildman–Crippen LogP) is 4.00. The highest BCUT2D eigenvalue weighted by atomic mass is 19.1. The van der Waals surface area contributed by atoms with E-state index in [1.54, 1.807) is 12.1 Å². The molecule has 1 amide bonds. The van der Waals surface area contributed by atoms with Gasteiger partial charge in [-0.2, -0.15) is 5.10 Å². The molecule has 1 fully saturated rings. The van der Waals surface area contributed by atoms with E-state index < -0.39 is 0 Å². The van der Waals surface area contributed by atoms with Crippen LogP contribution in [0.15, 0.2) is 54.6 Å². The summed E-state index contributed by atoms with van der Waals surface area (Å²) < 4.78 is 18.6. The summed E-state index contributed by atoms with van der Waals surface area (Å²) in [6, 6.07) is 15.9. The Morgan fingerprint density at radius 2 is 2.00 bits per heavy atom. The maximum absolute atomic E-state index is 13.0. The van der Waals surface area contributed by atoms with E-state index in [0.717, 1.165) is 41.2 Å². The molecule has 0 unspecified atom stereocenters. The molecule has 33 heavy (non-hydrogen) atoms. The number of likely N-dealkylation sites (tertiary alicyclic amines) is 1. The SMILES string of the molecule is O=C(CCc1nc2ccccc2[nH]1)N1CC[C@@H](c2cc(CCOc3ccc(F)cc3)[nH]n2)C1. The number of ether oxygens (including phenoxy) is 1. The van der Waals surface area contributed by atoms with Crippen molar-refractivity contribution in [1.29, 1.82) is 0 Å². The van der Waals surface area contributed by atoms with Gasteiger partial charge in [-0.25, -0.2) is 9.37 Å². The minimum Gasteiger partial charge on any atom is -0.493 e. The number of benzene rings is 2. The molecule has 1 atom stereocenters. The van der Waals surface area contributed by atoms with Crippen molar-refractivity contribution >= 4 is 16.9 Å². The van der Waals surface area contributed by atoms with Crippen LogP contribution in [0.1, 0.15) is 36.0 Å². The van der Waals surface area contributed by atoms with Crippen molar-refractivity contribution in [1.82, 2.24) is 25.1 Å². The number of carbonyl (C=O) groups is 1. The molecule has 0 saturated carbocycles. The summed E-state index contributed by atoms with van der Waals surface area (Å²) in [6.45, 7) is 1.92. The lowest BCUT2D eigenvalue weighted by molar-refractivity contribution is -0.130. The Kier molecular flexibility index (Phi) is 6.06. The van der Waals surface area contributed by atoms with Gasteiger partial charge in [-0.1, -0.05) is 12.1 Å². The van der Waals surface area contributed by atoms with Gasteiger partial charge in [0.2, 0.25) is 5.91 Å². The van der Waals surface area contributed by atoms with Gasteiger partial charge in [0.1, 0.15) is 17.4 Å². The number of aromatic amines is 2. The minimum absolute atomic E-state index is 0.154. The van der Waals surface area contributed by atoms with E-state index in [9.17, 15) is 9.18 Å². The number of carbonyl (C=O) groups excluding carboxylic acids is 1. The number of aromatic nitrogens is 4. The molecular formula is C25H26FN5O2. The number of para-hydroxylation sites is 2. The molecule has 0 spiro atoms. The number of hydrogen-bond acceptors (Lipinski definition) is 4. The number of H-pyrrole nitrogens is 2. The maximum Gasteiger partial charge on any atom is 0.223 e. The van der Waals surface area contributed by atoms with Crippen LogP contribution in [-0.2, 0) is 17.6 Å². The highest BCUT2D eigenvalue weighted by Gasteiger charge is 2.28. The number of amides is 1. The van der Waals surface area contributed by atoms with Gasteiger partial charge in [-0.15, -0.1) is 0 Å². The fourth-order valence-electron chi connectivity index (χ4n) is 4.26. The summed E-state index contributed by atoms with van der Waals surface area (Å²) in [6.07, 6.45) is 2.64. The first-order chi connectivity index (χ1) is 16.1. The molecule has 0 aliphatic carbocycles. The molecule has 4 aromatic rings. The van der Waals surface area contributed by atoms with Crippen molar-refractivity contribution in [2.75, 3.05) is 19.7 Å². The van der Waals surface area contributed by atoms with Crippen LogP contribution in [0.5, 0.6) is 5.75 Å². The van der Waals surface area contributed by atoms with E-state index >= 15 is 0 Å². The Morgan fingerprint density at radius 1 is 1.15 bits per heavy atom. The molecule has 2 aromatic carbocycles. The average Bonchev–Trinajstić information content (AvgIpc) is 3.57. The fraction of sp³-hybridized carbons (Fsp3) is 0.320. The highest BCUT2D eigenvalue weighted by Crippen LogP contribution is 2.27. The molecule has 170 valence electrons. The second-order valence-corrected chi connectivity index (χ2v) is 8.40. The number of imidazole rings is 1. The number of hydrogen-bond donors (Lipinski definition) is 2. The Morgan fingerprint density at radius 3 is 2.85 bits per heavy atom. The average molecular weight is 448 g/mol. The van der Waals surface area contributed by atoms with E-state index in [0.29, 0.717) is 38.2 Å². The highest BCUT2D eigenvalue weighted by molar-refractivity contribution is 5.77. The van der Waals surface area contributed by atoms with Crippen molar-refractivity contribution in [3.8, 4) is 5.75 Å². The van der Waals surface area contributed by atoms with Crippen molar-refractivity contribution < 1.29 is 13.9 Å². The molecule has 0 radical (unpaired) electrons. The van der Waals surface area contributed by atoms with Gasteiger partial charge in [0, 0.05) is 44.0 Å². The first-order valence-electron chi connectivity index (χ1n) is 11.3. The normalized spacial score (nSPS) is 15.9. The lowest BCUT2D eigenvalue weighted by Crippen LogP contribution is -2.28. The van der Waals surface area contributed by atoms with Gasteiger partial charge in [-0.05, 0) is 48.9 Å². The monoisotopic (exact) mass is 447 g/mol. The topological polar surface area (TPSA) is 86.9 Å². The third-order valence-electron chi connectivity index (χ3n) is 6.08. The molecule has 2 N–H and O–H groups in total. The number of nitrogens with zero attached hydrogens (tertiary/aromatic N) is 3. The summed E-state index contributed by atoms with van der Waals surface area (Å²) in [4.78, 5) is 22.5. The van der Waals surface area contributed by atoms with E-state index in [2.05, 4.69) is 26.2 Å². The van der Waals surface area contributed by atoms with Gasteiger partial charge >= 0.3 is 0 Å². The number of halogens is 1. The van der Waals surface area contributed by atoms with Gasteiger partial charge < -0.3 is 14.6 Å². The molecule has 8 heteroatoms. The van der Waals surface area contributed by atoms with E-state index in [1.807, 2.05) is 29.2 Å². The standard InChI is InChI=1S/C25H26FN5O2/c26-18-5-7-20(8-6-18)33-14-12-19-15-23(30-29-19)17-11-13-31(16-17)25(32)10-9-24-27-21-3-1-2-4-22(21)28-24/h1-8,15,17H,9-14,16H2,(H,27,28)(H,29,30)/t17-/m1/s1. The molecule has 1 saturated heterocycles. The van der Waals surface area contributed by atoms with Crippen LogP contribution in [0.4, 0.5) is 4.39 Å².